The van der Waals surface area contributed by atoms with Crippen molar-refractivity contribution in [2.24, 2.45) is 0 Å². The molecule has 33 heavy (non-hydrogen) atoms. The number of aliphatic carboxylic acids is 1. The molecule has 0 saturated carbocycles. The fourth-order valence-corrected chi connectivity index (χ4v) is 4.02. The van der Waals surface area contributed by atoms with Gasteiger partial charge in [-0.3, -0.25) is 9.59 Å². The maximum atomic E-state index is 12.3. The van der Waals surface area contributed by atoms with Gasteiger partial charge in [-0.1, -0.05) is 18.2 Å². The molecular weight excluding hydrogens is 446 g/mol. The molecule has 178 valence electrons. The second-order valence-corrected chi connectivity index (χ2v) is 9.30. The summed E-state index contributed by atoms with van der Waals surface area (Å²) in [7, 11) is -0.0758. The quantitative estimate of drug-likeness (QED) is 0.242. The normalized spacial score (nSPS) is 12.0. The highest BCUT2D eigenvalue weighted by molar-refractivity contribution is 7.89. The second-order valence-electron chi connectivity index (χ2n) is 7.59. The van der Waals surface area contributed by atoms with Gasteiger partial charge in [0.15, 0.2) is 5.71 Å². The molecule has 0 fully saturated rings. The van der Waals surface area contributed by atoms with E-state index >= 15 is 0 Å². The Labute approximate surface area is 194 Å². The van der Waals surface area contributed by atoms with E-state index in [2.05, 4.69) is 10.0 Å². The van der Waals surface area contributed by atoms with Gasteiger partial charge in [0.2, 0.25) is 15.9 Å². The lowest BCUT2D eigenvalue weighted by Crippen LogP contribution is -2.48. The third kappa shape index (κ3) is 8.32. The molecule has 2 aromatic carbocycles. The van der Waals surface area contributed by atoms with Crippen LogP contribution in [-0.2, 0) is 19.6 Å². The minimum absolute atomic E-state index is 0.0532. The number of ether oxygens (including phenoxy) is 1. The van der Waals surface area contributed by atoms with E-state index in [4.69, 9.17) is 4.74 Å². The summed E-state index contributed by atoms with van der Waals surface area (Å²) in [5.74, 6) is -1.09. The van der Waals surface area contributed by atoms with E-state index in [0.29, 0.717) is 18.8 Å². The standard InChI is InChI=1S/C23H29N3O6S/c1-17(26(2)3)18-11-13-19(14-12-18)32-15-7-10-22(27)24-16-21(23(28)29)25-33(30,31)20-8-5-4-6-9-20/h4-6,8-9,11-14,21,25H,7,10,15-16H2,1-3H3,(H-,24,27,28,29)/p+1. The van der Waals surface area contributed by atoms with Crippen LogP contribution in [0.4, 0.5) is 0 Å². The zero-order valence-corrected chi connectivity index (χ0v) is 19.8. The van der Waals surface area contributed by atoms with Gasteiger partial charge in [-0.05, 0) is 42.8 Å². The molecule has 0 heterocycles. The van der Waals surface area contributed by atoms with Crippen LogP contribution in [0.2, 0.25) is 0 Å². The first-order valence-corrected chi connectivity index (χ1v) is 11.9. The Morgan fingerprint density at radius 1 is 1.06 bits per heavy atom. The number of carboxylic acid groups (broad SMARTS) is 1. The van der Waals surface area contributed by atoms with Crippen LogP contribution in [0.5, 0.6) is 5.75 Å². The number of amides is 1. The van der Waals surface area contributed by atoms with Crippen molar-refractivity contribution >= 4 is 27.6 Å². The molecule has 0 bridgehead atoms. The summed E-state index contributed by atoms with van der Waals surface area (Å²) in [4.78, 5) is 23.4. The zero-order valence-electron chi connectivity index (χ0n) is 18.9. The van der Waals surface area contributed by atoms with Gasteiger partial charge in [0, 0.05) is 25.5 Å². The van der Waals surface area contributed by atoms with Crippen molar-refractivity contribution < 1.29 is 32.4 Å². The monoisotopic (exact) mass is 476 g/mol. The molecule has 9 nitrogen and oxygen atoms in total. The molecule has 2 aromatic rings. The van der Waals surface area contributed by atoms with Crippen molar-refractivity contribution in [2.45, 2.75) is 30.7 Å². The van der Waals surface area contributed by atoms with E-state index in [9.17, 15) is 23.1 Å². The number of carbonyl (C=O) groups excluding carboxylic acids is 1. The van der Waals surface area contributed by atoms with Crippen molar-refractivity contribution in [1.29, 1.82) is 0 Å². The van der Waals surface area contributed by atoms with E-state index in [1.807, 2.05) is 49.9 Å². The molecule has 1 unspecified atom stereocenters. The Kier molecular flexibility index (Phi) is 9.56. The Morgan fingerprint density at radius 2 is 1.70 bits per heavy atom. The Hall–Kier alpha value is -3.24. The van der Waals surface area contributed by atoms with Crippen LogP contribution in [-0.4, -0.2) is 69.0 Å². The molecule has 0 spiro atoms. The van der Waals surface area contributed by atoms with Crippen molar-refractivity contribution in [3.05, 3.63) is 60.2 Å². The van der Waals surface area contributed by atoms with E-state index in [-0.39, 0.29) is 17.9 Å². The van der Waals surface area contributed by atoms with Gasteiger partial charge in [-0.15, -0.1) is 0 Å². The molecule has 0 saturated heterocycles. The van der Waals surface area contributed by atoms with E-state index < -0.39 is 27.9 Å². The van der Waals surface area contributed by atoms with E-state index in [1.54, 1.807) is 6.07 Å². The SMILES string of the molecule is CC(c1ccc(OCCCC(=O)NCC(NS(=O)(=O)c2ccccc2)C(=O)O)cc1)=[N+](C)C. The van der Waals surface area contributed by atoms with Crippen LogP contribution in [0.1, 0.15) is 25.3 Å². The number of nitrogens with one attached hydrogen (secondary N) is 2. The molecule has 0 aliphatic carbocycles. The summed E-state index contributed by atoms with van der Waals surface area (Å²) in [6, 6.07) is 13.6. The van der Waals surface area contributed by atoms with Gasteiger partial charge >= 0.3 is 5.97 Å². The van der Waals surface area contributed by atoms with E-state index in [1.165, 1.54) is 24.3 Å². The van der Waals surface area contributed by atoms with Gasteiger partial charge in [0.1, 0.15) is 25.9 Å². The largest absolute Gasteiger partial charge is 0.494 e. The van der Waals surface area contributed by atoms with E-state index in [0.717, 1.165) is 11.3 Å². The highest BCUT2D eigenvalue weighted by Crippen LogP contribution is 2.13. The fourth-order valence-electron chi connectivity index (χ4n) is 2.81. The first-order valence-electron chi connectivity index (χ1n) is 10.4. The van der Waals surface area contributed by atoms with Crippen molar-refractivity contribution in [3.8, 4) is 5.75 Å². The topological polar surface area (TPSA) is 125 Å². The lowest BCUT2D eigenvalue weighted by molar-refractivity contribution is -0.464. The summed E-state index contributed by atoms with van der Waals surface area (Å²) >= 11 is 0. The molecule has 0 radical (unpaired) electrons. The van der Waals surface area contributed by atoms with Gasteiger partial charge < -0.3 is 15.2 Å². The van der Waals surface area contributed by atoms with Gasteiger partial charge in [-0.2, -0.15) is 4.72 Å². The lowest BCUT2D eigenvalue weighted by atomic mass is 10.1. The number of hydrogen-bond acceptors (Lipinski definition) is 5. The van der Waals surface area contributed by atoms with Crippen LogP contribution in [0, 0.1) is 0 Å². The summed E-state index contributed by atoms with van der Waals surface area (Å²) in [5, 5.41) is 11.8. The Bertz CT molecular complexity index is 1080. The molecule has 2 rings (SSSR count). The average molecular weight is 477 g/mol. The van der Waals surface area contributed by atoms with Gasteiger partial charge in [0.05, 0.1) is 11.5 Å². The predicted molar refractivity (Wildman–Crippen MR) is 124 cm³/mol. The van der Waals surface area contributed by atoms with Crippen molar-refractivity contribution in [2.75, 3.05) is 27.2 Å². The summed E-state index contributed by atoms with van der Waals surface area (Å²) in [6.07, 6.45) is 0.535. The molecule has 1 atom stereocenters. The number of hydrogen-bond donors (Lipinski definition) is 3. The number of benzene rings is 2. The number of carboxylic acids is 1. The predicted octanol–water partition coefficient (Wildman–Crippen LogP) is 1.47. The maximum Gasteiger partial charge on any atom is 0.323 e. The Balaban J connectivity index is 1.77. The number of sulfonamides is 1. The smallest absolute Gasteiger partial charge is 0.323 e. The molecule has 3 N–H and O–H groups in total. The Morgan fingerprint density at radius 3 is 2.27 bits per heavy atom. The van der Waals surface area contributed by atoms with Crippen molar-refractivity contribution in [1.82, 2.24) is 10.0 Å². The van der Waals surface area contributed by atoms with Gasteiger partial charge in [-0.25, -0.2) is 13.0 Å². The molecule has 10 heteroatoms. The third-order valence-corrected chi connectivity index (χ3v) is 6.40. The van der Waals surface area contributed by atoms with Crippen LogP contribution in [0.25, 0.3) is 0 Å². The van der Waals surface area contributed by atoms with Crippen LogP contribution in [0.3, 0.4) is 0 Å². The summed E-state index contributed by atoms with van der Waals surface area (Å²) in [6.45, 7) is 1.96. The summed E-state index contributed by atoms with van der Waals surface area (Å²) < 4.78 is 34.4. The first kappa shape index (κ1) is 26.0. The van der Waals surface area contributed by atoms with Crippen molar-refractivity contribution in [3.63, 3.8) is 0 Å². The molecular formula is C23H30N3O6S+. The highest BCUT2D eigenvalue weighted by atomic mass is 32.2. The minimum Gasteiger partial charge on any atom is -0.494 e. The molecule has 0 aliphatic rings. The average Bonchev–Trinajstić information content (AvgIpc) is 2.79. The first-order chi connectivity index (χ1) is 15.6. The third-order valence-electron chi connectivity index (χ3n) is 4.91. The minimum atomic E-state index is -4.02. The fraction of sp³-hybridized carbons (Fsp3) is 0.348. The number of rotatable bonds is 12. The van der Waals surface area contributed by atoms with Crippen LogP contribution >= 0.6 is 0 Å². The van der Waals surface area contributed by atoms with Crippen LogP contribution in [0.15, 0.2) is 59.5 Å². The second kappa shape index (κ2) is 12.1. The maximum absolute atomic E-state index is 12.3. The molecule has 1 amide bonds. The number of nitrogens with zero attached hydrogens (tertiary/aromatic N) is 1. The molecule has 0 aromatic heterocycles. The highest BCUT2D eigenvalue weighted by Gasteiger charge is 2.25. The number of carbonyl (C=O) groups is 2. The van der Waals surface area contributed by atoms with Crippen LogP contribution < -0.4 is 14.8 Å². The summed E-state index contributed by atoms with van der Waals surface area (Å²) in [5.41, 5.74) is 2.21. The van der Waals surface area contributed by atoms with Gasteiger partial charge in [0.25, 0.3) is 0 Å². The lowest BCUT2D eigenvalue weighted by Gasteiger charge is -2.15. The zero-order chi connectivity index (χ0) is 24.4. The molecule has 0 aliphatic heterocycles.